The van der Waals surface area contributed by atoms with Gasteiger partial charge < -0.3 is 19.3 Å². The van der Waals surface area contributed by atoms with Gasteiger partial charge in [0, 0.05) is 25.0 Å². The third-order valence-electron chi connectivity index (χ3n) is 5.08. The Morgan fingerprint density at radius 1 is 1.29 bits per heavy atom. The van der Waals surface area contributed by atoms with Crippen molar-refractivity contribution in [2.24, 2.45) is 0 Å². The Balaban J connectivity index is 1.70. The van der Waals surface area contributed by atoms with Crippen LogP contribution in [0.2, 0.25) is 0 Å². The van der Waals surface area contributed by atoms with Gasteiger partial charge in [-0.15, -0.1) is 11.3 Å². The van der Waals surface area contributed by atoms with Crippen molar-refractivity contribution in [1.82, 2.24) is 9.80 Å². The molecule has 3 amide bonds. The summed E-state index contributed by atoms with van der Waals surface area (Å²) in [4.78, 5) is 43.7. The predicted molar refractivity (Wildman–Crippen MR) is 103 cm³/mol. The topological polar surface area (TPSA) is 94.3 Å². The lowest BCUT2D eigenvalue weighted by atomic mass is 10.0. The molecule has 0 spiro atoms. The molecule has 0 unspecified atom stereocenters. The van der Waals surface area contributed by atoms with Gasteiger partial charge in [-0.05, 0) is 31.0 Å². The van der Waals surface area contributed by atoms with Crippen molar-refractivity contribution in [3.05, 3.63) is 39.7 Å². The zero-order chi connectivity index (χ0) is 20.0. The molecule has 4 rings (SSSR count). The molecule has 4 heterocycles. The maximum absolute atomic E-state index is 12.9. The normalized spacial score (nSPS) is 16.9. The van der Waals surface area contributed by atoms with Gasteiger partial charge >= 0.3 is 0 Å². The van der Waals surface area contributed by atoms with Gasteiger partial charge in [0.1, 0.15) is 17.3 Å². The number of aryl methyl sites for hydroxylation is 1. The number of rotatable bonds is 3. The minimum atomic E-state index is -0.221. The molecule has 148 valence electrons. The monoisotopic (exact) mass is 403 g/mol. The van der Waals surface area contributed by atoms with E-state index in [1.165, 1.54) is 21.1 Å². The van der Waals surface area contributed by atoms with Crippen LogP contribution in [0.15, 0.2) is 16.5 Å². The van der Waals surface area contributed by atoms with E-state index in [4.69, 9.17) is 4.42 Å². The third kappa shape index (κ3) is 3.00. The summed E-state index contributed by atoms with van der Waals surface area (Å²) in [7, 11) is 1.61. The Morgan fingerprint density at radius 2 is 2.07 bits per heavy atom. The van der Waals surface area contributed by atoms with Crippen molar-refractivity contribution in [3.63, 3.8) is 0 Å². The van der Waals surface area contributed by atoms with Gasteiger partial charge in [0.05, 0.1) is 18.7 Å². The van der Waals surface area contributed by atoms with E-state index >= 15 is 0 Å². The molecule has 2 aromatic rings. The van der Waals surface area contributed by atoms with Gasteiger partial charge in [-0.2, -0.15) is 0 Å². The van der Waals surface area contributed by atoms with E-state index in [0.717, 1.165) is 10.4 Å². The lowest BCUT2D eigenvalue weighted by Gasteiger charge is -2.26. The number of furan rings is 1. The fraction of sp³-hybridized carbons (Fsp3) is 0.421. The molecule has 0 bridgehead atoms. The number of nitrogens with zero attached hydrogens (tertiary/aromatic N) is 3. The van der Waals surface area contributed by atoms with E-state index in [0.29, 0.717) is 41.6 Å². The molecule has 0 aromatic carbocycles. The van der Waals surface area contributed by atoms with Crippen molar-refractivity contribution in [2.75, 3.05) is 38.2 Å². The Labute approximate surface area is 165 Å². The average Bonchev–Trinajstić information content (AvgIpc) is 3.25. The molecule has 0 aliphatic carbocycles. The number of amides is 3. The first kappa shape index (κ1) is 18.7. The van der Waals surface area contributed by atoms with Crippen molar-refractivity contribution in [3.8, 4) is 0 Å². The van der Waals surface area contributed by atoms with E-state index in [-0.39, 0.29) is 37.4 Å². The molecule has 0 saturated heterocycles. The predicted octanol–water partition coefficient (Wildman–Crippen LogP) is 1.26. The van der Waals surface area contributed by atoms with Crippen molar-refractivity contribution >= 4 is 34.1 Å². The summed E-state index contributed by atoms with van der Waals surface area (Å²) in [6.07, 6.45) is 0.535. The first-order valence-electron chi connectivity index (χ1n) is 9.07. The summed E-state index contributed by atoms with van der Waals surface area (Å²) in [5, 5.41) is 9.95. The molecule has 0 atom stereocenters. The molecule has 8 nitrogen and oxygen atoms in total. The molecule has 1 N–H and O–H groups in total. The van der Waals surface area contributed by atoms with Gasteiger partial charge in [-0.1, -0.05) is 0 Å². The quantitative estimate of drug-likeness (QED) is 0.833. The summed E-state index contributed by atoms with van der Waals surface area (Å²) in [6, 6.07) is 3.42. The van der Waals surface area contributed by atoms with Crippen molar-refractivity contribution < 1.29 is 23.9 Å². The molecule has 2 aliphatic heterocycles. The highest BCUT2D eigenvalue weighted by Gasteiger charge is 2.37. The third-order valence-corrected chi connectivity index (χ3v) is 6.32. The average molecular weight is 403 g/mol. The van der Waals surface area contributed by atoms with Crippen LogP contribution in [0.25, 0.3) is 0 Å². The zero-order valence-electron chi connectivity index (χ0n) is 15.7. The second-order valence-corrected chi connectivity index (χ2v) is 8.08. The molecule has 0 radical (unpaired) electrons. The van der Waals surface area contributed by atoms with Crippen molar-refractivity contribution in [2.45, 2.75) is 19.9 Å². The second kappa shape index (κ2) is 7.06. The van der Waals surface area contributed by atoms with Crippen LogP contribution in [0.1, 0.15) is 37.1 Å². The maximum Gasteiger partial charge on any atom is 0.289 e. The molecule has 28 heavy (non-hydrogen) atoms. The summed E-state index contributed by atoms with van der Waals surface area (Å²) < 4.78 is 5.45. The summed E-state index contributed by atoms with van der Waals surface area (Å²) in [5.41, 5.74) is 1.43. The van der Waals surface area contributed by atoms with Gasteiger partial charge in [-0.25, -0.2) is 0 Å². The van der Waals surface area contributed by atoms with Crippen LogP contribution >= 0.6 is 11.3 Å². The van der Waals surface area contributed by atoms with Crippen LogP contribution < -0.4 is 4.90 Å². The Hall–Kier alpha value is -2.65. The Kier molecular flexibility index (Phi) is 4.72. The highest BCUT2D eigenvalue weighted by molar-refractivity contribution is 7.17. The number of carbonyl (C=O) groups excluding carboxylic acids is 3. The Morgan fingerprint density at radius 3 is 2.75 bits per heavy atom. The van der Waals surface area contributed by atoms with Gasteiger partial charge in [-0.3, -0.25) is 19.3 Å². The van der Waals surface area contributed by atoms with Crippen LogP contribution in [0.5, 0.6) is 0 Å². The van der Waals surface area contributed by atoms with E-state index in [9.17, 15) is 19.5 Å². The largest absolute Gasteiger partial charge is 0.456 e. The fourth-order valence-corrected chi connectivity index (χ4v) is 5.07. The van der Waals surface area contributed by atoms with Crippen LogP contribution in [0.3, 0.4) is 0 Å². The van der Waals surface area contributed by atoms with Crippen LogP contribution in [0.4, 0.5) is 5.00 Å². The van der Waals surface area contributed by atoms with E-state index in [1.807, 2.05) is 0 Å². The van der Waals surface area contributed by atoms with Crippen LogP contribution in [-0.2, 0) is 17.8 Å². The molecule has 2 aliphatic rings. The van der Waals surface area contributed by atoms with Gasteiger partial charge in [0.15, 0.2) is 5.76 Å². The zero-order valence-corrected chi connectivity index (χ0v) is 16.5. The number of carbonyl (C=O) groups is 3. The number of thiophene rings is 1. The molecule has 2 aromatic heterocycles. The molecular weight excluding hydrogens is 382 g/mol. The second-order valence-electron chi connectivity index (χ2n) is 7.00. The summed E-state index contributed by atoms with van der Waals surface area (Å²) >= 11 is 1.35. The van der Waals surface area contributed by atoms with Gasteiger partial charge in [0.2, 0.25) is 5.91 Å². The minimum absolute atomic E-state index is 0.0164. The first-order chi connectivity index (χ1) is 13.4. The summed E-state index contributed by atoms with van der Waals surface area (Å²) in [6.45, 7) is 2.56. The highest BCUT2D eigenvalue weighted by atomic mass is 32.1. The number of hydrogen-bond donors (Lipinski definition) is 1. The number of aliphatic hydroxyl groups is 1. The number of fused-ring (bicyclic) bond motifs is 3. The van der Waals surface area contributed by atoms with Crippen molar-refractivity contribution in [1.29, 1.82) is 0 Å². The SMILES string of the molecule is Cc1ccc(C(=O)N2CCc3c(sc4c3C(=O)N(C)CC(=O)N4CCO)C2)o1. The Bertz CT molecular complexity index is 963. The number of aliphatic hydroxyl groups excluding tert-OH is 1. The first-order valence-corrected chi connectivity index (χ1v) is 9.89. The molecule has 9 heteroatoms. The number of β-amino-alcohol motifs (C(OH)–C–C–N with tert-alkyl or cyclic N) is 1. The number of hydrogen-bond acceptors (Lipinski definition) is 6. The molecular formula is C19H21N3O5S. The maximum atomic E-state index is 12.9. The number of likely N-dealkylation sites (N-methyl/N-ethyl adjacent to an activating group) is 1. The highest BCUT2D eigenvalue weighted by Crippen LogP contribution is 2.41. The molecule has 0 saturated carbocycles. The van der Waals surface area contributed by atoms with Crippen LogP contribution in [0, 0.1) is 6.92 Å². The smallest absolute Gasteiger partial charge is 0.289 e. The number of anilines is 1. The van der Waals surface area contributed by atoms with E-state index < -0.39 is 0 Å². The van der Waals surface area contributed by atoms with Crippen LogP contribution in [-0.4, -0.2) is 65.9 Å². The lowest BCUT2D eigenvalue weighted by Crippen LogP contribution is -2.39. The molecule has 0 fully saturated rings. The summed E-state index contributed by atoms with van der Waals surface area (Å²) in [5.74, 6) is 0.376. The van der Waals surface area contributed by atoms with Gasteiger partial charge in [0.25, 0.3) is 11.8 Å². The standard InChI is InChI=1S/C19H21N3O5S/c1-11-3-4-13(27-11)17(25)21-6-5-12-14(9-21)28-19-16(12)18(26)20(2)10-15(24)22(19)7-8-23/h3-4,23H,5-10H2,1-2H3. The lowest BCUT2D eigenvalue weighted by molar-refractivity contribution is -0.119. The minimum Gasteiger partial charge on any atom is -0.456 e. The fourth-order valence-electron chi connectivity index (χ4n) is 3.67. The van der Waals surface area contributed by atoms with E-state index in [1.54, 1.807) is 31.0 Å². The van der Waals surface area contributed by atoms with E-state index in [2.05, 4.69) is 0 Å².